The highest BCUT2D eigenvalue weighted by Crippen LogP contribution is 2.35. The maximum atomic E-state index is 10.3. The van der Waals surface area contributed by atoms with E-state index in [1.807, 2.05) is 6.92 Å². The normalized spacial score (nSPS) is 27.0. The van der Waals surface area contributed by atoms with Gasteiger partial charge in [-0.15, -0.1) is 0 Å². The number of rotatable bonds is 5. The van der Waals surface area contributed by atoms with Gasteiger partial charge in [0.2, 0.25) is 0 Å². The predicted molar refractivity (Wildman–Crippen MR) is 75.0 cm³/mol. The lowest BCUT2D eigenvalue weighted by atomic mass is 9.88. The largest absolute Gasteiger partial charge is 0.389 e. The first kappa shape index (κ1) is 15.2. The van der Waals surface area contributed by atoms with E-state index in [0.29, 0.717) is 18.5 Å². The van der Waals surface area contributed by atoms with Crippen molar-refractivity contribution in [3.8, 4) is 0 Å². The lowest BCUT2D eigenvalue weighted by Crippen LogP contribution is -2.47. The van der Waals surface area contributed by atoms with Gasteiger partial charge in [-0.1, -0.05) is 13.8 Å². The van der Waals surface area contributed by atoms with Crippen LogP contribution < -0.4 is 5.32 Å². The van der Waals surface area contributed by atoms with Crippen LogP contribution in [0.1, 0.15) is 52.9 Å². The van der Waals surface area contributed by atoms with E-state index in [4.69, 9.17) is 9.47 Å². The molecule has 2 aliphatic rings. The molecule has 4 nitrogen and oxygen atoms in total. The van der Waals surface area contributed by atoms with Gasteiger partial charge in [0.1, 0.15) is 0 Å². The third-order valence-electron chi connectivity index (χ3n) is 4.18. The smallest absolute Gasteiger partial charge is 0.168 e. The zero-order valence-corrected chi connectivity index (χ0v) is 12.6. The fourth-order valence-corrected chi connectivity index (χ4v) is 3.36. The van der Waals surface area contributed by atoms with Crippen LogP contribution in [-0.4, -0.2) is 42.3 Å². The fourth-order valence-electron chi connectivity index (χ4n) is 3.36. The molecule has 0 radical (unpaired) electrons. The Balaban J connectivity index is 1.71. The van der Waals surface area contributed by atoms with Crippen molar-refractivity contribution in [1.29, 1.82) is 0 Å². The summed E-state index contributed by atoms with van der Waals surface area (Å²) in [6.45, 7) is 8.36. The van der Waals surface area contributed by atoms with Gasteiger partial charge in [0.25, 0.3) is 0 Å². The van der Waals surface area contributed by atoms with E-state index in [1.165, 1.54) is 0 Å². The molecular formula is C15H29NO3. The van der Waals surface area contributed by atoms with Crippen LogP contribution in [0, 0.1) is 5.92 Å². The van der Waals surface area contributed by atoms with E-state index >= 15 is 0 Å². The van der Waals surface area contributed by atoms with Gasteiger partial charge in [0.15, 0.2) is 5.79 Å². The van der Waals surface area contributed by atoms with Crippen molar-refractivity contribution in [2.24, 2.45) is 5.92 Å². The Kier molecular flexibility index (Phi) is 4.88. The highest BCUT2D eigenvalue weighted by Gasteiger charge is 2.40. The standard InChI is InChI=1S/C15H29NO3/c1-12(2)10-14(3,17)11-16-13-4-6-15(7-5-13)18-8-9-19-15/h12-13,16-17H,4-11H2,1-3H3. The van der Waals surface area contributed by atoms with Crippen molar-refractivity contribution >= 4 is 0 Å². The van der Waals surface area contributed by atoms with E-state index in [2.05, 4.69) is 19.2 Å². The molecule has 2 rings (SSSR count). The summed E-state index contributed by atoms with van der Waals surface area (Å²) in [6.07, 6.45) is 4.91. The monoisotopic (exact) mass is 271 g/mol. The Morgan fingerprint density at radius 3 is 2.37 bits per heavy atom. The summed E-state index contributed by atoms with van der Waals surface area (Å²) in [7, 11) is 0. The fraction of sp³-hybridized carbons (Fsp3) is 1.00. The molecular weight excluding hydrogens is 242 g/mol. The molecule has 1 saturated heterocycles. The summed E-state index contributed by atoms with van der Waals surface area (Å²) in [4.78, 5) is 0. The topological polar surface area (TPSA) is 50.7 Å². The van der Waals surface area contributed by atoms with Crippen molar-refractivity contribution in [1.82, 2.24) is 5.32 Å². The molecule has 0 amide bonds. The molecule has 2 fully saturated rings. The van der Waals surface area contributed by atoms with Crippen LogP contribution >= 0.6 is 0 Å². The van der Waals surface area contributed by atoms with Gasteiger partial charge in [-0.25, -0.2) is 0 Å². The molecule has 19 heavy (non-hydrogen) atoms. The molecule has 2 N–H and O–H groups in total. The highest BCUT2D eigenvalue weighted by molar-refractivity contribution is 4.87. The Hall–Kier alpha value is -0.160. The second kappa shape index (κ2) is 6.08. The summed E-state index contributed by atoms with van der Waals surface area (Å²) in [6, 6.07) is 0.483. The van der Waals surface area contributed by atoms with Gasteiger partial charge in [-0.3, -0.25) is 0 Å². The summed E-state index contributed by atoms with van der Waals surface area (Å²) < 4.78 is 11.5. The van der Waals surface area contributed by atoms with Crippen LogP contribution in [0.5, 0.6) is 0 Å². The second-order valence-corrected chi connectivity index (χ2v) is 6.86. The van der Waals surface area contributed by atoms with E-state index in [0.717, 1.165) is 45.3 Å². The predicted octanol–water partition coefficient (Wildman–Crippen LogP) is 2.06. The van der Waals surface area contributed by atoms with Gasteiger partial charge in [0.05, 0.1) is 18.8 Å². The molecule has 0 aromatic rings. The molecule has 1 aliphatic heterocycles. The third-order valence-corrected chi connectivity index (χ3v) is 4.18. The summed E-state index contributed by atoms with van der Waals surface area (Å²) in [5.74, 6) is 0.241. The van der Waals surface area contributed by atoms with Crippen molar-refractivity contribution in [2.75, 3.05) is 19.8 Å². The summed E-state index contributed by atoms with van der Waals surface area (Å²) in [5, 5.41) is 13.8. The minimum atomic E-state index is -0.607. The SMILES string of the molecule is CC(C)CC(C)(O)CNC1CCC2(CC1)OCCO2. The lowest BCUT2D eigenvalue weighted by molar-refractivity contribution is -0.179. The van der Waals surface area contributed by atoms with Gasteiger partial charge in [-0.05, 0) is 32.1 Å². The molecule has 1 spiro atoms. The maximum absolute atomic E-state index is 10.3. The third kappa shape index (κ3) is 4.42. The maximum Gasteiger partial charge on any atom is 0.168 e. The average Bonchev–Trinajstić information content (AvgIpc) is 2.76. The van der Waals surface area contributed by atoms with Gasteiger partial charge < -0.3 is 19.9 Å². The van der Waals surface area contributed by atoms with Crippen molar-refractivity contribution in [3.05, 3.63) is 0 Å². The van der Waals surface area contributed by atoms with Crippen LogP contribution in [0.25, 0.3) is 0 Å². The van der Waals surface area contributed by atoms with Crippen LogP contribution in [-0.2, 0) is 9.47 Å². The Bertz CT molecular complexity index is 275. The number of nitrogens with one attached hydrogen (secondary N) is 1. The van der Waals surface area contributed by atoms with E-state index in [1.54, 1.807) is 0 Å². The van der Waals surface area contributed by atoms with Gasteiger partial charge in [0, 0.05) is 25.4 Å². The number of ether oxygens (including phenoxy) is 2. The summed E-state index contributed by atoms with van der Waals surface area (Å²) in [5.41, 5.74) is -0.607. The molecule has 4 heteroatoms. The molecule has 0 aromatic heterocycles. The first-order chi connectivity index (χ1) is 8.91. The zero-order chi connectivity index (χ0) is 13.9. The van der Waals surface area contributed by atoms with Gasteiger partial charge in [-0.2, -0.15) is 0 Å². The molecule has 1 heterocycles. The van der Waals surface area contributed by atoms with Crippen LogP contribution in [0.4, 0.5) is 0 Å². The van der Waals surface area contributed by atoms with E-state index < -0.39 is 5.60 Å². The highest BCUT2D eigenvalue weighted by atomic mass is 16.7. The Morgan fingerprint density at radius 1 is 1.26 bits per heavy atom. The minimum absolute atomic E-state index is 0.279. The van der Waals surface area contributed by atoms with Crippen LogP contribution in [0.3, 0.4) is 0 Å². The van der Waals surface area contributed by atoms with E-state index in [-0.39, 0.29) is 5.79 Å². The zero-order valence-electron chi connectivity index (χ0n) is 12.6. The van der Waals surface area contributed by atoms with Crippen LogP contribution in [0.2, 0.25) is 0 Å². The lowest BCUT2D eigenvalue weighted by Gasteiger charge is -2.37. The van der Waals surface area contributed by atoms with Crippen LogP contribution in [0.15, 0.2) is 0 Å². The molecule has 1 saturated carbocycles. The molecule has 1 atom stereocenters. The molecule has 0 aromatic carbocycles. The summed E-state index contributed by atoms with van der Waals surface area (Å²) >= 11 is 0. The molecule has 0 bridgehead atoms. The second-order valence-electron chi connectivity index (χ2n) is 6.86. The quantitative estimate of drug-likeness (QED) is 0.803. The number of hydrogen-bond acceptors (Lipinski definition) is 4. The first-order valence-corrected chi connectivity index (χ1v) is 7.65. The Labute approximate surface area is 116 Å². The average molecular weight is 271 g/mol. The number of hydrogen-bond donors (Lipinski definition) is 2. The first-order valence-electron chi connectivity index (χ1n) is 7.65. The Morgan fingerprint density at radius 2 is 1.84 bits per heavy atom. The minimum Gasteiger partial charge on any atom is -0.389 e. The molecule has 1 unspecified atom stereocenters. The van der Waals surface area contributed by atoms with E-state index in [9.17, 15) is 5.11 Å². The molecule has 112 valence electrons. The van der Waals surface area contributed by atoms with Crippen molar-refractivity contribution in [3.63, 3.8) is 0 Å². The van der Waals surface area contributed by atoms with Gasteiger partial charge >= 0.3 is 0 Å². The molecule has 1 aliphatic carbocycles. The number of aliphatic hydroxyl groups is 1. The van der Waals surface area contributed by atoms with Crippen molar-refractivity contribution < 1.29 is 14.6 Å². The van der Waals surface area contributed by atoms with Crippen molar-refractivity contribution in [2.45, 2.75) is 70.3 Å².